The molecule has 0 unspecified atom stereocenters. The minimum absolute atomic E-state index is 0.0691. The minimum atomic E-state index is -0.672. The molecule has 0 fully saturated rings. The monoisotopic (exact) mass is 311 g/mol. The van der Waals surface area contributed by atoms with E-state index in [1.807, 2.05) is 0 Å². The topological polar surface area (TPSA) is 59.2 Å². The van der Waals surface area contributed by atoms with Crippen molar-refractivity contribution in [2.75, 3.05) is 6.61 Å². The van der Waals surface area contributed by atoms with E-state index in [1.165, 1.54) is 12.3 Å². The molecule has 0 amide bonds. The molecule has 2 rings (SSSR count). The molecule has 2 aromatic rings. The van der Waals surface area contributed by atoms with Crippen molar-refractivity contribution in [2.24, 2.45) is 0 Å². The molecule has 0 spiro atoms. The zero-order valence-corrected chi connectivity index (χ0v) is 12.1. The molecule has 4 nitrogen and oxygen atoms in total. The van der Waals surface area contributed by atoms with Crippen LogP contribution in [0.5, 0.6) is 0 Å². The van der Waals surface area contributed by atoms with Gasteiger partial charge in [0, 0.05) is 17.3 Å². The van der Waals surface area contributed by atoms with Crippen LogP contribution in [-0.4, -0.2) is 17.6 Å². The number of carbonyl (C=O) groups excluding carboxylic acids is 1. The summed E-state index contributed by atoms with van der Waals surface area (Å²) in [5, 5.41) is 0.754. The molecule has 0 radical (unpaired) electrons. The Morgan fingerprint density at radius 1 is 1.35 bits per heavy atom. The fourth-order valence-corrected chi connectivity index (χ4v) is 2.14. The fourth-order valence-electron chi connectivity index (χ4n) is 1.73. The number of hydrogen-bond acceptors (Lipinski definition) is 3. The second-order valence-corrected chi connectivity index (χ2v) is 4.74. The Labute approximate surface area is 125 Å². The first-order chi connectivity index (χ1) is 9.54. The number of aromatic amines is 1. The third kappa shape index (κ3) is 2.86. The molecule has 0 saturated heterocycles. The molecule has 0 aliphatic carbocycles. The summed E-state index contributed by atoms with van der Waals surface area (Å²) in [7, 11) is 0. The van der Waals surface area contributed by atoms with Gasteiger partial charge in [-0.3, -0.25) is 4.79 Å². The van der Waals surface area contributed by atoms with Crippen molar-refractivity contribution in [3.05, 3.63) is 56.4 Å². The van der Waals surface area contributed by atoms with Gasteiger partial charge in [-0.1, -0.05) is 35.3 Å². The number of nitrogens with one attached hydrogen (secondary N) is 1. The van der Waals surface area contributed by atoms with Gasteiger partial charge < -0.3 is 9.72 Å². The number of aromatic nitrogens is 1. The van der Waals surface area contributed by atoms with Crippen molar-refractivity contribution in [2.45, 2.75) is 6.92 Å². The summed E-state index contributed by atoms with van der Waals surface area (Å²) in [5.74, 6) is -0.672. The van der Waals surface area contributed by atoms with Gasteiger partial charge in [-0.05, 0) is 19.1 Å². The van der Waals surface area contributed by atoms with E-state index >= 15 is 0 Å². The van der Waals surface area contributed by atoms with E-state index in [0.717, 1.165) is 0 Å². The first-order valence-corrected chi connectivity index (χ1v) is 6.64. The number of halogens is 2. The summed E-state index contributed by atoms with van der Waals surface area (Å²) in [6, 6.07) is 6.58. The zero-order valence-electron chi connectivity index (χ0n) is 10.6. The molecule has 0 aliphatic rings. The van der Waals surface area contributed by atoms with Gasteiger partial charge in [0.1, 0.15) is 5.56 Å². The van der Waals surface area contributed by atoms with Crippen molar-refractivity contribution in [1.29, 1.82) is 0 Å². The molecule has 104 valence electrons. The quantitative estimate of drug-likeness (QED) is 0.882. The van der Waals surface area contributed by atoms with Gasteiger partial charge in [-0.15, -0.1) is 0 Å². The Bertz CT molecular complexity index is 710. The molecular weight excluding hydrogens is 301 g/mol. The molecule has 1 aromatic carbocycles. The average molecular weight is 312 g/mol. The standard InChI is InChI=1S/C14H11Cl2NO3/c1-2-20-14(19)10-6-8(7-17-13(10)18)9-4-3-5-11(15)12(9)16/h3-7H,2H2,1H3,(H,17,18). The van der Waals surface area contributed by atoms with Crippen LogP contribution in [0.1, 0.15) is 17.3 Å². The Morgan fingerprint density at radius 3 is 2.80 bits per heavy atom. The molecule has 1 heterocycles. The molecule has 0 atom stereocenters. The van der Waals surface area contributed by atoms with E-state index in [4.69, 9.17) is 27.9 Å². The Morgan fingerprint density at radius 2 is 2.10 bits per heavy atom. The maximum absolute atomic E-state index is 11.7. The van der Waals surface area contributed by atoms with Crippen molar-refractivity contribution < 1.29 is 9.53 Å². The fraction of sp³-hybridized carbons (Fsp3) is 0.143. The van der Waals surface area contributed by atoms with Gasteiger partial charge in [0.25, 0.3) is 5.56 Å². The number of carbonyl (C=O) groups is 1. The molecule has 20 heavy (non-hydrogen) atoms. The Hall–Kier alpha value is -1.78. The van der Waals surface area contributed by atoms with Gasteiger partial charge in [-0.2, -0.15) is 0 Å². The van der Waals surface area contributed by atoms with Gasteiger partial charge in [0.15, 0.2) is 0 Å². The van der Waals surface area contributed by atoms with Crippen LogP contribution in [-0.2, 0) is 4.74 Å². The van der Waals surface area contributed by atoms with Crippen LogP contribution in [0.2, 0.25) is 10.0 Å². The van der Waals surface area contributed by atoms with Crippen LogP contribution in [0.3, 0.4) is 0 Å². The van der Waals surface area contributed by atoms with Gasteiger partial charge >= 0.3 is 5.97 Å². The Kier molecular flexibility index (Phi) is 4.47. The van der Waals surface area contributed by atoms with Gasteiger partial charge in [-0.25, -0.2) is 4.79 Å². The number of H-pyrrole nitrogens is 1. The van der Waals surface area contributed by atoms with E-state index in [0.29, 0.717) is 21.2 Å². The number of benzene rings is 1. The maximum atomic E-state index is 11.7. The lowest BCUT2D eigenvalue weighted by molar-refractivity contribution is 0.0524. The summed E-state index contributed by atoms with van der Waals surface area (Å²) in [6.07, 6.45) is 1.47. The van der Waals surface area contributed by atoms with Crippen LogP contribution in [0.15, 0.2) is 35.3 Å². The van der Waals surface area contributed by atoms with Crippen LogP contribution in [0.4, 0.5) is 0 Å². The van der Waals surface area contributed by atoms with Crippen LogP contribution in [0.25, 0.3) is 11.1 Å². The number of esters is 1. The lowest BCUT2D eigenvalue weighted by atomic mass is 10.1. The first kappa shape index (κ1) is 14.6. The normalized spacial score (nSPS) is 10.3. The summed E-state index contributed by atoms with van der Waals surface area (Å²) in [6.45, 7) is 1.87. The summed E-state index contributed by atoms with van der Waals surface area (Å²) < 4.78 is 4.84. The third-order valence-corrected chi connectivity index (χ3v) is 3.48. The highest BCUT2D eigenvalue weighted by Crippen LogP contribution is 2.32. The number of rotatable bonds is 3. The molecular formula is C14H11Cl2NO3. The highest BCUT2D eigenvalue weighted by atomic mass is 35.5. The van der Waals surface area contributed by atoms with Crippen molar-refractivity contribution in [3.8, 4) is 11.1 Å². The van der Waals surface area contributed by atoms with Crippen molar-refractivity contribution in [1.82, 2.24) is 4.98 Å². The van der Waals surface area contributed by atoms with Gasteiger partial charge in [0.05, 0.1) is 16.7 Å². The molecule has 0 aliphatic heterocycles. The maximum Gasteiger partial charge on any atom is 0.343 e. The number of ether oxygens (including phenoxy) is 1. The predicted molar refractivity (Wildman–Crippen MR) is 78.5 cm³/mol. The molecule has 1 N–H and O–H groups in total. The van der Waals surface area contributed by atoms with E-state index in [2.05, 4.69) is 4.98 Å². The van der Waals surface area contributed by atoms with Crippen LogP contribution >= 0.6 is 23.2 Å². The smallest absolute Gasteiger partial charge is 0.343 e. The molecule has 1 aromatic heterocycles. The molecule has 0 saturated carbocycles. The van der Waals surface area contributed by atoms with Gasteiger partial charge in [0.2, 0.25) is 0 Å². The number of hydrogen-bond donors (Lipinski definition) is 1. The van der Waals surface area contributed by atoms with Crippen molar-refractivity contribution in [3.63, 3.8) is 0 Å². The largest absolute Gasteiger partial charge is 0.462 e. The third-order valence-electron chi connectivity index (χ3n) is 2.66. The van der Waals surface area contributed by atoms with E-state index in [1.54, 1.807) is 25.1 Å². The average Bonchev–Trinajstić information content (AvgIpc) is 2.43. The minimum Gasteiger partial charge on any atom is -0.462 e. The zero-order chi connectivity index (χ0) is 14.7. The molecule has 0 bridgehead atoms. The Balaban J connectivity index is 2.54. The van der Waals surface area contributed by atoms with Crippen molar-refractivity contribution >= 4 is 29.2 Å². The van der Waals surface area contributed by atoms with E-state index in [-0.39, 0.29) is 12.2 Å². The first-order valence-electron chi connectivity index (χ1n) is 5.88. The summed E-state index contributed by atoms with van der Waals surface area (Å²) in [5.41, 5.74) is 0.631. The van der Waals surface area contributed by atoms with E-state index in [9.17, 15) is 9.59 Å². The predicted octanol–water partition coefficient (Wildman–Crippen LogP) is 3.53. The van der Waals surface area contributed by atoms with E-state index < -0.39 is 11.5 Å². The summed E-state index contributed by atoms with van der Waals surface area (Å²) >= 11 is 12.1. The SMILES string of the molecule is CCOC(=O)c1cc(-c2cccc(Cl)c2Cl)c[nH]c1=O. The lowest BCUT2D eigenvalue weighted by Gasteiger charge is -2.07. The van der Waals surface area contributed by atoms with Crippen LogP contribution in [0, 0.1) is 0 Å². The molecule has 6 heteroatoms. The second kappa shape index (κ2) is 6.11. The summed E-state index contributed by atoms with van der Waals surface area (Å²) in [4.78, 5) is 25.8. The number of pyridine rings is 1. The highest BCUT2D eigenvalue weighted by Gasteiger charge is 2.14. The van der Waals surface area contributed by atoms with Crippen LogP contribution < -0.4 is 5.56 Å². The second-order valence-electron chi connectivity index (χ2n) is 3.95. The lowest BCUT2D eigenvalue weighted by Crippen LogP contribution is -2.19. The highest BCUT2D eigenvalue weighted by molar-refractivity contribution is 6.43.